The second-order valence-electron chi connectivity index (χ2n) is 7.75. The van der Waals surface area contributed by atoms with E-state index >= 15 is 0 Å². The number of fused-ring (bicyclic) bond motifs is 2. The van der Waals surface area contributed by atoms with Gasteiger partial charge in [-0.25, -0.2) is 0 Å². The normalized spacial score (nSPS) is 13.8. The number of ether oxygens (including phenoxy) is 1. The van der Waals surface area contributed by atoms with Crippen LogP contribution in [0.4, 0.5) is 5.69 Å². The van der Waals surface area contributed by atoms with Crippen LogP contribution in [0.3, 0.4) is 0 Å². The van der Waals surface area contributed by atoms with E-state index in [1.165, 1.54) is 0 Å². The molecule has 4 aromatic rings. The van der Waals surface area contributed by atoms with E-state index in [1.807, 2.05) is 66.7 Å². The highest BCUT2D eigenvalue weighted by Gasteiger charge is 2.21. The molecular weight excluding hydrogens is 404 g/mol. The van der Waals surface area contributed by atoms with Gasteiger partial charge in [0, 0.05) is 17.5 Å². The minimum absolute atomic E-state index is 0.0167. The lowest BCUT2D eigenvalue weighted by atomic mass is 10.0. The topological polar surface area (TPSA) is 80.6 Å². The number of hydrogen-bond acceptors (Lipinski definition) is 4. The van der Waals surface area contributed by atoms with Gasteiger partial charge in [0.25, 0.3) is 5.91 Å². The molecule has 0 saturated heterocycles. The molecule has 0 fully saturated rings. The van der Waals surface area contributed by atoms with Crippen LogP contribution in [0.2, 0.25) is 0 Å². The van der Waals surface area contributed by atoms with Gasteiger partial charge in [-0.3, -0.25) is 9.59 Å². The number of aryl methyl sites for hydroxylation is 1. The third-order valence-electron chi connectivity index (χ3n) is 5.51. The summed E-state index contributed by atoms with van der Waals surface area (Å²) in [5, 5.41) is 6.86. The van der Waals surface area contributed by atoms with E-state index in [-0.39, 0.29) is 18.4 Å². The molecule has 160 valence electrons. The maximum absolute atomic E-state index is 12.8. The highest BCUT2D eigenvalue weighted by molar-refractivity contribution is 5.94. The molecule has 1 aliphatic rings. The predicted molar refractivity (Wildman–Crippen MR) is 122 cm³/mol. The van der Waals surface area contributed by atoms with Crippen molar-refractivity contribution >= 4 is 28.5 Å². The summed E-state index contributed by atoms with van der Waals surface area (Å²) in [6, 6.07) is 24.4. The van der Waals surface area contributed by atoms with Gasteiger partial charge in [0.15, 0.2) is 6.61 Å². The van der Waals surface area contributed by atoms with E-state index in [0.29, 0.717) is 24.4 Å². The van der Waals surface area contributed by atoms with E-state index in [1.54, 1.807) is 12.1 Å². The summed E-state index contributed by atoms with van der Waals surface area (Å²) in [5.41, 5.74) is 3.50. The van der Waals surface area contributed by atoms with Crippen LogP contribution in [0.5, 0.6) is 5.75 Å². The SMILES string of the molecule is O=C1CCc2cc(OCC(=O)N[C@@H](c3ccccc3)c3cc4ccccc4o3)ccc2N1. The zero-order valence-corrected chi connectivity index (χ0v) is 17.3. The molecule has 0 radical (unpaired) electrons. The first kappa shape index (κ1) is 19.9. The lowest BCUT2D eigenvalue weighted by Crippen LogP contribution is -2.33. The Morgan fingerprint density at radius 2 is 1.81 bits per heavy atom. The van der Waals surface area contributed by atoms with Gasteiger partial charge < -0.3 is 19.8 Å². The number of carbonyl (C=O) groups is 2. The van der Waals surface area contributed by atoms with Crippen molar-refractivity contribution in [3.05, 3.63) is 95.7 Å². The Labute approximate surface area is 185 Å². The zero-order valence-electron chi connectivity index (χ0n) is 17.3. The molecule has 3 aromatic carbocycles. The highest BCUT2D eigenvalue weighted by Crippen LogP contribution is 2.29. The summed E-state index contributed by atoms with van der Waals surface area (Å²) in [4.78, 5) is 24.3. The molecule has 1 aliphatic heterocycles. The van der Waals surface area contributed by atoms with Gasteiger partial charge in [-0.1, -0.05) is 48.5 Å². The van der Waals surface area contributed by atoms with Crippen molar-refractivity contribution in [1.29, 1.82) is 0 Å². The maximum Gasteiger partial charge on any atom is 0.258 e. The standard InChI is InChI=1S/C26H22N2O4/c29-24-13-10-18-14-20(11-12-21(18)27-24)31-16-25(30)28-26(17-6-2-1-3-7-17)23-15-19-8-4-5-9-22(19)32-23/h1-9,11-12,14-15,26H,10,13,16H2,(H,27,29)(H,28,30)/t26-/m0/s1. The number of anilines is 1. The van der Waals surface area contributed by atoms with Crippen LogP contribution in [-0.2, 0) is 16.0 Å². The summed E-state index contributed by atoms with van der Waals surface area (Å²) in [5.74, 6) is 1.01. The van der Waals surface area contributed by atoms with Gasteiger partial charge in [0.1, 0.15) is 23.1 Å². The fourth-order valence-electron chi connectivity index (χ4n) is 3.91. The molecule has 6 heteroatoms. The molecule has 2 heterocycles. The van der Waals surface area contributed by atoms with E-state index in [0.717, 1.165) is 27.8 Å². The van der Waals surface area contributed by atoms with Crippen molar-refractivity contribution in [2.75, 3.05) is 11.9 Å². The Morgan fingerprint density at radius 1 is 1.00 bits per heavy atom. The second-order valence-corrected chi connectivity index (χ2v) is 7.75. The fourth-order valence-corrected chi connectivity index (χ4v) is 3.91. The van der Waals surface area contributed by atoms with Crippen LogP contribution in [0, 0.1) is 0 Å². The van der Waals surface area contributed by atoms with Gasteiger partial charge in [-0.05, 0) is 47.9 Å². The summed E-state index contributed by atoms with van der Waals surface area (Å²) in [6.07, 6.45) is 1.11. The molecular formula is C26H22N2O4. The molecule has 0 unspecified atom stereocenters. The van der Waals surface area contributed by atoms with Crippen molar-refractivity contribution in [2.45, 2.75) is 18.9 Å². The van der Waals surface area contributed by atoms with Crippen LogP contribution >= 0.6 is 0 Å². The molecule has 0 aliphatic carbocycles. The lowest BCUT2D eigenvalue weighted by molar-refractivity contribution is -0.123. The molecule has 1 aromatic heterocycles. The molecule has 0 saturated carbocycles. The van der Waals surface area contributed by atoms with Crippen molar-refractivity contribution in [1.82, 2.24) is 5.32 Å². The molecule has 32 heavy (non-hydrogen) atoms. The monoisotopic (exact) mass is 426 g/mol. The zero-order chi connectivity index (χ0) is 21.9. The molecule has 2 amide bonds. The maximum atomic E-state index is 12.8. The summed E-state index contributed by atoms with van der Waals surface area (Å²) < 4.78 is 11.8. The highest BCUT2D eigenvalue weighted by atomic mass is 16.5. The fraction of sp³-hybridized carbons (Fsp3) is 0.154. The van der Waals surface area contributed by atoms with Crippen molar-refractivity contribution < 1.29 is 18.7 Å². The van der Waals surface area contributed by atoms with Crippen LogP contribution in [0.1, 0.15) is 29.3 Å². The Balaban J connectivity index is 1.31. The summed E-state index contributed by atoms with van der Waals surface area (Å²) in [7, 11) is 0. The van der Waals surface area contributed by atoms with Crippen molar-refractivity contribution in [3.63, 3.8) is 0 Å². The average Bonchev–Trinajstić information content (AvgIpc) is 3.25. The first-order chi connectivity index (χ1) is 15.7. The minimum Gasteiger partial charge on any atom is -0.484 e. The number of benzene rings is 3. The lowest BCUT2D eigenvalue weighted by Gasteiger charge is -2.19. The quantitative estimate of drug-likeness (QED) is 0.472. The van der Waals surface area contributed by atoms with E-state index in [4.69, 9.17) is 9.15 Å². The van der Waals surface area contributed by atoms with Crippen molar-refractivity contribution in [3.8, 4) is 5.75 Å². The molecule has 0 spiro atoms. The van der Waals surface area contributed by atoms with Crippen LogP contribution < -0.4 is 15.4 Å². The van der Waals surface area contributed by atoms with Crippen LogP contribution in [0.25, 0.3) is 11.0 Å². The second kappa shape index (κ2) is 8.59. The minimum atomic E-state index is -0.432. The molecule has 5 rings (SSSR count). The third kappa shape index (κ3) is 4.21. The molecule has 0 bridgehead atoms. The van der Waals surface area contributed by atoms with E-state index in [9.17, 15) is 9.59 Å². The van der Waals surface area contributed by atoms with Gasteiger partial charge in [-0.15, -0.1) is 0 Å². The average molecular weight is 426 g/mol. The molecule has 2 N–H and O–H groups in total. The molecule has 6 nitrogen and oxygen atoms in total. The number of nitrogens with one attached hydrogen (secondary N) is 2. The van der Waals surface area contributed by atoms with Gasteiger partial charge in [-0.2, -0.15) is 0 Å². The number of amides is 2. The Hall–Kier alpha value is -4.06. The smallest absolute Gasteiger partial charge is 0.258 e. The Kier molecular flexibility index (Phi) is 5.34. The number of hydrogen-bond donors (Lipinski definition) is 2. The first-order valence-corrected chi connectivity index (χ1v) is 10.5. The van der Waals surface area contributed by atoms with Crippen LogP contribution in [-0.4, -0.2) is 18.4 Å². The van der Waals surface area contributed by atoms with Gasteiger partial charge in [0.05, 0.1) is 0 Å². The number of rotatable bonds is 6. The summed E-state index contributed by atoms with van der Waals surface area (Å²) >= 11 is 0. The first-order valence-electron chi connectivity index (χ1n) is 10.5. The summed E-state index contributed by atoms with van der Waals surface area (Å²) in [6.45, 7) is -0.130. The van der Waals surface area contributed by atoms with Gasteiger partial charge >= 0.3 is 0 Å². The van der Waals surface area contributed by atoms with Gasteiger partial charge in [0.2, 0.25) is 5.91 Å². The Morgan fingerprint density at radius 3 is 2.66 bits per heavy atom. The number of para-hydroxylation sites is 1. The number of furan rings is 1. The van der Waals surface area contributed by atoms with Crippen molar-refractivity contribution in [2.24, 2.45) is 0 Å². The predicted octanol–water partition coefficient (Wildman–Crippen LogP) is 4.60. The third-order valence-corrected chi connectivity index (χ3v) is 5.51. The molecule has 1 atom stereocenters. The number of carbonyl (C=O) groups excluding carboxylic acids is 2. The van der Waals surface area contributed by atoms with E-state index < -0.39 is 6.04 Å². The van der Waals surface area contributed by atoms with E-state index in [2.05, 4.69) is 10.6 Å². The van der Waals surface area contributed by atoms with Crippen LogP contribution in [0.15, 0.2) is 83.3 Å². The Bertz CT molecular complexity index is 1250. The largest absolute Gasteiger partial charge is 0.484 e.